The van der Waals surface area contributed by atoms with E-state index in [1.165, 1.54) is 7.11 Å². The summed E-state index contributed by atoms with van der Waals surface area (Å²) in [7, 11) is 1.30. The molecule has 0 aliphatic carbocycles. The molecule has 0 aliphatic heterocycles. The number of hydrogen-bond acceptors (Lipinski definition) is 4. The fourth-order valence-electron chi connectivity index (χ4n) is 1.53. The van der Waals surface area contributed by atoms with Gasteiger partial charge in [-0.15, -0.1) is 0 Å². The van der Waals surface area contributed by atoms with Gasteiger partial charge in [0, 0.05) is 21.2 Å². The van der Waals surface area contributed by atoms with Crippen LogP contribution in [0.2, 0.25) is 5.02 Å². The number of carbonyl (C=O) groups excluding carboxylic acids is 2. The molecule has 0 heterocycles. The minimum absolute atomic E-state index is 0.0691. The van der Waals surface area contributed by atoms with Gasteiger partial charge in [-0.05, 0) is 60.3 Å². The van der Waals surface area contributed by atoms with Crippen LogP contribution in [0.25, 0.3) is 0 Å². The lowest BCUT2D eigenvalue weighted by atomic mass is 10.2. The van der Waals surface area contributed by atoms with Gasteiger partial charge in [0.05, 0.1) is 7.11 Å². The number of amides is 1. The molecule has 4 nitrogen and oxygen atoms in total. The molecule has 1 N–H and O–H groups in total. The number of anilines is 1. The van der Waals surface area contributed by atoms with Crippen molar-refractivity contribution in [1.29, 1.82) is 0 Å². The van der Waals surface area contributed by atoms with Crippen molar-refractivity contribution in [3.05, 3.63) is 59.1 Å². The van der Waals surface area contributed by atoms with Crippen molar-refractivity contribution in [2.75, 3.05) is 12.4 Å². The zero-order valence-corrected chi connectivity index (χ0v) is 12.7. The Balaban J connectivity index is 2.01. The minimum Gasteiger partial charge on any atom is -0.453 e. The van der Waals surface area contributed by atoms with Crippen LogP contribution in [0.1, 0.15) is 10.4 Å². The molecule has 0 fully saturated rings. The van der Waals surface area contributed by atoms with Gasteiger partial charge in [-0.25, -0.2) is 4.79 Å². The highest BCUT2D eigenvalue weighted by molar-refractivity contribution is 8.14. The van der Waals surface area contributed by atoms with Gasteiger partial charge in [0.25, 0.3) is 0 Å². The third kappa shape index (κ3) is 4.51. The van der Waals surface area contributed by atoms with Gasteiger partial charge < -0.3 is 4.74 Å². The lowest BCUT2D eigenvalue weighted by Crippen LogP contribution is -2.10. The van der Waals surface area contributed by atoms with Gasteiger partial charge in [-0.1, -0.05) is 11.6 Å². The monoisotopic (exact) mass is 321 g/mol. The van der Waals surface area contributed by atoms with E-state index in [4.69, 9.17) is 11.6 Å². The summed E-state index contributed by atoms with van der Waals surface area (Å²) in [6, 6.07) is 13.6. The molecular formula is C15H12ClNO3S. The highest BCUT2D eigenvalue weighted by Crippen LogP contribution is 2.25. The Bertz CT molecular complexity index is 641. The Hall–Kier alpha value is -1.98. The van der Waals surface area contributed by atoms with E-state index < -0.39 is 6.09 Å². The van der Waals surface area contributed by atoms with Crippen LogP contribution in [-0.2, 0) is 4.74 Å². The van der Waals surface area contributed by atoms with Crippen molar-refractivity contribution >= 4 is 40.3 Å². The average molecular weight is 322 g/mol. The summed E-state index contributed by atoms with van der Waals surface area (Å²) in [5.41, 5.74) is 1.19. The molecule has 0 aliphatic rings. The number of methoxy groups -OCH3 is 1. The number of ether oxygens (including phenoxy) is 1. The molecule has 1 amide bonds. The topological polar surface area (TPSA) is 55.4 Å². The smallest absolute Gasteiger partial charge is 0.411 e. The summed E-state index contributed by atoms with van der Waals surface area (Å²) in [5.74, 6) is 0. The molecule has 0 radical (unpaired) electrons. The highest BCUT2D eigenvalue weighted by Gasteiger charge is 2.08. The zero-order valence-electron chi connectivity index (χ0n) is 11.1. The highest BCUT2D eigenvalue weighted by atomic mass is 35.5. The van der Waals surface area contributed by atoms with E-state index in [1.807, 2.05) is 0 Å². The van der Waals surface area contributed by atoms with Crippen LogP contribution in [-0.4, -0.2) is 18.3 Å². The maximum atomic E-state index is 12.1. The van der Waals surface area contributed by atoms with E-state index in [9.17, 15) is 9.59 Å². The van der Waals surface area contributed by atoms with Crippen LogP contribution in [0.3, 0.4) is 0 Å². The first-order valence-corrected chi connectivity index (χ1v) is 7.21. The number of thioether (sulfide) groups is 1. The Morgan fingerprint density at radius 3 is 2.24 bits per heavy atom. The maximum Gasteiger partial charge on any atom is 0.411 e. The van der Waals surface area contributed by atoms with Crippen molar-refractivity contribution in [1.82, 2.24) is 0 Å². The van der Waals surface area contributed by atoms with Crippen LogP contribution in [0.15, 0.2) is 53.4 Å². The zero-order chi connectivity index (χ0) is 15.2. The molecule has 0 atom stereocenters. The number of rotatable bonds is 3. The number of halogens is 1. The quantitative estimate of drug-likeness (QED) is 0.848. The third-order valence-corrected chi connectivity index (χ3v) is 3.76. The van der Waals surface area contributed by atoms with Crippen LogP contribution in [0, 0.1) is 0 Å². The van der Waals surface area contributed by atoms with Crippen molar-refractivity contribution in [3.8, 4) is 0 Å². The SMILES string of the molecule is COC(=O)Nc1ccc(SC(=O)c2ccc(Cl)cc2)cc1. The fraction of sp³-hybridized carbons (Fsp3) is 0.0667. The number of hydrogen-bond donors (Lipinski definition) is 1. The molecule has 0 saturated heterocycles. The first-order chi connectivity index (χ1) is 10.1. The molecule has 0 saturated carbocycles. The molecule has 2 rings (SSSR count). The fourth-order valence-corrected chi connectivity index (χ4v) is 2.39. The van der Waals surface area contributed by atoms with Crippen LogP contribution >= 0.6 is 23.4 Å². The van der Waals surface area contributed by atoms with Gasteiger partial charge in [-0.3, -0.25) is 10.1 Å². The van der Waals surface area contributed by atoms with Gasteiger partial charge in [0.15, 0.2) is 0 Å². The molecule has 0 aromatic heterocycles. The normalized spacial score (nSPS) is 10.0. The summed E-state index contributed by atoms with van der Waals surface area (Å²) >= 11 is 6.89. The second-order valence-corrected chi connectivity index (χ2v) is 5.52. The van der Waals surface area contributed by atoms with Crippen molar-refractivity contribution in [2.24, 2.45) is 0 Å². The second kappa shape index (κ2) is 7.15. The standard InChI is InChI=1S/C15H12ClNO3S/c1-20-15(19)17-12-6-8-13(9-7-12)21-14(18)10-2-4-11(16)5-3-10/h2-9H,1H3,(H,17,19). The van der Waals surface area contributed by atoms with Crippen LogP contribution in [0.4, 0.5) is 10.5 Å². The summed E-state index contributed by atoms with van der Waals surface area (Å²) < 4.78 is 4.50. The average Bonchev–Trinajstić information content (AvgIpc) is 2.49. The molecule has 0 bridgehead atoms. The lowest BCUT2D eigenvalue weighted by molar-refractivity contribution is 0.108. The number of benzene rings is 2. The van der Waals surface area contributed by atoms with Crippen molar-refractivity contribution < 1.29 is 14.3 Å². The second-order valence-electron chi connectivity index (χ2n) is 4.04. The summed E-state index contributed by atoms with van der Waals surface area (Å²) in [4.78, 5) is 23.9. The van der Waals surface area contributed by atoms with E-state index in [0.29, 0.717) is 16.3 Å². The van der Waals surface area contributed by atoms with E-state index in [2.05, 4.69) is 10.1 Å². The molecule has 0 spiro atoms. The predicted molar refractivity (Wildman–Crippen MR) is 84.1 cm³/mol. The van der Waals surface area contributed by atoms with E-state index in [1.54, 1.807) is 48.5 Å². The van der Waals surface area contributed by atoms with Crippen molar-refractivity contribution in [2.45, 2.75) is 4.90 Å². The largest absolute Gasteiger partial charge is 0.453 e. The maximum absolute atomic E-state index is 12.1. The van der Waals surface area contributed by atoms with E-state index in [-0.39, 0.29) is 5.12 Å². The minimum atomic E-state index is -0.535. The van der Waals surface area contributed by atoms with Gasteiger partial charge in [0.2, 0.25) is 5.12 Å². The number of nitrogens with one attached hydrogen (secondary N) is 1. The van der Waals surface area contributed by atoms with Crippen LogP contribution < -0.4 is 5.32 Å². The van der Waals surface area contributed by atoms with Gasteiger partial charge in [0.1, 0.15) is 0 Å². The molecule has 21 heavy (non-hydrogen) atoms. The lowest BCUT2D eigenvalue weighted by Gasteiger charge is -2.05. The molecule has 108 valence electrons. The number of carbonyl (C=O) groups is 2. The van der Waals surface area contributed by atoms with Crippen LogP contribution in [0.5, 0.6) is 0 Å². The Morgan fingerprint density at radius 2 is 1.67 bits per heavy atom. The van der Waals surface area contributed by atoms with E-state index in [0.717, 1.165) is 16.7 Å². The Labute approximate surface area is 131 Å². The predicted octanol–water partition coefficient (Wildman–Crippen LogP) is 4.45. The molecular weight excluding hydrogens is 310 g/mol. The molecule has 2 aromatic carbocycles. The molecule has 6 heteroatoms. The molecule has 2 aromatic rings. The third-order valence-electron chi connectivity index (χ3n) is 2.58. The Morgan fingerprint density at radius 1 is 1.05 bits per heavy atom. The molecule has 0 unspecified atom stereocenters. The van der Waals surface area contributed by atoms with E-state index >= 15 is 0 Å². The van der Waals surface area contributed by atoms with Crippen molar-refractivity contribution in [3.63, 3.8) is 0 Å². The van der Waals surface area contributed by atoms with Gasteiger partial charge >= 0.3 is 6.09 Å². The van der Waals surface area contributed by atoms with Gasteiger partial charge in [-0.2, -0.15) is 0 Å². The Kier molecular flexibility index (Phi) is 5.25. The first-order valence-electron chi connectivity index (χ1n) is 6.01. The summed E-state index contributed by atoms with van der Waals surface area (Å²) in [5, 5.41) is 3.06. The first kappa shape index (κ1) is 15.4. The summed E-state index contributed by atoms with van der Waals surface area (Å²) in [6.07, 6.45) is -0.535. The summed E-state index contributed by atoms with van der Waals surface area (Å²) in [6.45, 7) is 0.